The zero-order chi connectivity index (χ0) is 18.0. The van der Waals surface area contributed by atoms with Crippen molar-refractivity contribution in [1.29, 1.82) is 0 Å². The number of benzene rings is 1. The van der Waals surface area contributed by atoms with Crippen LogP contribution in [-0.2, 0) is 9.53 Å². The number of thiophene rings is 1. The zero-order valence-corrected chi connectivity index (χ0v) is 17.2. The second-order valence-electron chi connectivity index (χ2n) is 5.30. The monoisotopic (exact) mass is 487 g/mol. The van der Waals surface area contributed by atoms with Gasteiger partial charge in [-0.15, -0.1) is 11.3 Å². The van der Waals surface area contributed by atoms with E-state index in [1.807, 2.05) is 31.1 Å². The van der Waals surface area contributed by atoms with Gasteiger partial charge in [0.05, 0.1) is 4.70 Å². The van der Waals surface area contributed by atoms with Crippen molar-refractivity contribution in [1.82, 2.24) is 4.98 Å². The number of anilines is 2. The largest absolute Gasteiger partial charge is 0.451 e. The Morgan fingerprint density at radius 3 is 2.60 bits per heavy atom. The number of carbonyl (C=O) groups is 2. The number of nitrogens with one attached hydrogen (secondary N) is 1. The molecule has 1 N–H and O–H groups in total. The molecule has 0 bridgehead atoms. The number of hydrogen-bond donors (Lipinski definition) is 1. The lowest BCUT2D eigenvalue weighted by atomic mass is 10.3. The molecule has 0 radical (unpaired) electrons. The van der Waals surface area contributed by atoms with Crippen LogP contribution in [0.3, 0.4) is 0 Å². The Hall–Kier alpha value is -1.72. The van der Waals surface area contributed by atoms with Crippen LogP contribution in [0.2, 0.25) is 0 Å². The normalized spacial score (nSPS) is 10.7. The van der Waals surface area contributed by atoms with E-state index in [9.17, 15) is 9.59 Å². The number of amides is 1. The van der Waals surface area contributed by atoms with Crippen molar-refractivity contribution in [3.8, 4) is 0 Å². The Morgan fingerprint density at radius 2 is 1.96 bits per heavy atom. The first kappa shape index (κ1) is 18.1. The van der Waals surface area contributed by atoms with E-state index in [0.717, 1.165) is 18.2 Å². The minimum absolute atomic E-state index is 0.327. The van der Waals surface area contributed by atoms with Gasteiger partial charge in [-0.1, -0.05) is 11.3 Å². The Bertz CT molecular complexity index is 887. The Morgan fingerprint density at radius 1 is 1.24 bits per heavy atom. The molecule has 3 aromatic rings. The summed E-state index contributed by atoms with van der Waals surface area (Å²) in [5.74, 6) is -0.889. The molecule has 0 spiro atoms. The Labute approximate surface area is 166 Å². The van der Waals surface area contributed by atoms with E-state index < -0.39 is 5.97 Å². The number of carbonyl (C=O) groups excluding carboxylic acids is 2. The van der Waals surface area contributed by atoms with Gasteiger partial charge in [0.25, 0.3) is 5.91 Å². The zero-order valence-electron chi connectivity index (χ0n) is 13.4. The van der Waals surface area contributed by atoms with Gasteiger partial charge in [-0.2, -0.15) is 0 Å². The lowest BCUT2D eigenvalue weighted by Crippen LogP contribution is -2.20. The van der Waals surface area contributed by atoms with Gasteiger partial charge in [0.2, 0.25) is 0 Å². The van der Waals surface area contributed by atoms with Crippen molar-refractivity contribution in [2.45, 2.75) is 0 Å². The highest BCUT2D eigenvalue weighted by atomic mass is 127. The second kappa shape index (κ2) is 7.67. The van der Waals surface area contributed by atoms with Gasteiger partial charge in [0.1, 0.15) is 9.71 Å². The Balaban J connectivity index is 1.57. The predicted octanol–water partition coefficient (Wildman–Crippen LogP) is 3.82. The lowest BCUT2D eigenvalue weighted by Gasteiger charge is -2.06. The van der Waals surface area contributed by atoms with Crippen molar-refractivity contribution in [3.05, 3.63) is 38.8 Å². The number of rotatable bonds is 5. The fraction of sp³-hybridized carbons (Fsp3) is 0.188. The maximum atomic E-state index is 12.1. The molecular weight excluding hydrogens is 473 g/mol. The second-order valence-corrected chi connectivity index (χ2v) is 8.59. The molecule has 6 nitrogen and oxygen atoms in total. The van der Waals surface area contributed by atoms with Gasteiger partial charge < -0.3 is 15.0 Å². The fourth-order valence-electron chi connectivity index (χ4n) is 1.95. The molecule has 1 amide bonds. The summed E-state index contributed by atoms with van der Waals surface area (Å²) in [7, 11) is 3.84. The summed E-state index contributed by atoms with van der Waals surface area (Å²) in [6.45, 7) is -0.327. The summed E-state index contributed by atoms with van der Waals surface area (Å²) in [5.41, 5.74) is 0.665. The summed E-state index contributed by atoms with van der Waals surface area (Å²) < 4.78 is 7.10. The minimum Gasteiger partial charge on any atom is -0.451 e. The van der Waals surface area contributed by atoms with Gasteiger partial charge >= 0.3 is 5.97 Å². The first-order valence-corrected chi connectivity index (χ1v) is 9.94. The highest BCUT2D eigenvalue weighted by molar-refractivity contribution is 14.1. The number of ether oxygens (including phenoxy) is 1. The summed E-state index contributed by atoms with van der Waals surface area (Å²) in [4.78, 5) is 31.6. The van der Waals surface area contributed by atoms with E-state index in [1.54, 1.807) is 18.2 Å². The first-order valence-electron chi connectivity index (χ1n) is 7.22. The molecule has 130 valence electrons. The Kier molecular flexibility index (Phi) is 5.54. The fourth-order valence-corrected chi connectivity index (χ4v) is 4.34. The number of esters is 1. The van der Waals surface area contributed by atoms with Gasteiger partial charge in [-0.25, -0.2) is 9.78 Å². The highest BCUT2D eigenvalue weighted by Gasteiger charge is 2.17. The van der Waals surface area contributed by atoms with E-state index in [4.69, 9.17) is 4.74 Å². The number of halogens is 1. The van der Waals surface area contributed by atoms with Crippen molar-refractivity contribution >= 4 is 77.5 Å². The molecule has 0 fully saturated rings. The third-order valence-electron chi connectivity index (χ3n) is 3.12. The number of aromatic nitrogens is 1. The van der Waals surface area contributed by atoms with Crippen LogP contribution < -0.4 is 10.2 Å². The van der Waals surface area contributed by atoms with Crippen LogP contribution in [0.15, 0.2) is 30.3 Å². The van der Waals surface area contributed by atoms with Gasteiger partial charge in [-0.05, 0) is 52.9 Å². The van der Waals surface area contributed by atoms with E-state index in [2.05, 4.69) is 32.9 Å². The highest BCUT2D eigenvalue weighted by Crippen LogP contribution is 2.34. The molecule has 2 heterocycles. The van der Waals surface area contributed by atoms with Crippen LogP contribution in [0.25, 0.3) is 9.53 Å². The minimum atomic E-state index is -0.514. The SMILES string of the molecule is CN(C)c1nc2sc(C(=O)OCC(=O)Nc3ccc(I)cc3)cc2s1. The maximum Gasteiger partial charge on any atom is 0.348 e. The first-order chi connectivity index (χ1) is 11.9. The maximum absolute atomic E-state index is 12.1. The number of hydrogen-bond acceptors (Lipinski definition) is 7. The van der Waals surface area contributed by atoms with Crippen LogP contribution >= 0.6 is 45.3 Å². The molecule has 0 aliphatic carbocycles. The third kappa shape index (κ3) is 4.47. The van der Waals surface area contributed by atoms with Crippen molar-refractivity contribution in [2.24, 2.45) is 0 Å². The van der Waals surface area contributed by atoms with E-state index in [-0.39, 0.29) is 12.5 Å². The van der Waals surface area contributed by atoms with E-state index >= 15 is 0 Å². The summed E-state index contributed by atoms with van der Waals surface area (Å²) in [6, 6.07) is 9.11. The number of fused-ring (bicyclic) bond motifs is 1. The molecule has 9 heteroatoms. The number of thiazole rings is 1. The molecule has 0 unspecified atom stereocenters. The molecule has 0 saturated carbocycles. The summed E-state index contributed by atoms with van der Waals surface area (Å²) >= 11 is 4.96. The third-order valence-corrected chi connectivity index (χ3v) is 6.15. The smallest absolute Gasteiger partial charge is 0.348 e. The number of nitrogens with zero attached hydrogens (tertiary/aromatic N) is 2. The average Bonchev–Trinajstić information content (AvgIpc) is 3.14. The van der Waals surface area contributed by atoms with Crippen molar-refractivity contribution < 1.29 is 14.3 Å². The van der Waals surface area contributed by atoms with Gasteiger partial charge in [0.15, 0.2) is 11.7 Å². The summed E-state index contributed by atoms with van der Waals surface area (Å²) in [6.07, 6.45) is 0. The van der Waals surface area contributed by atoms with Crippen LogP contribution in [0.4, 0.5) is 10.8 Å². The molecule has 0 saturated heterocycles. The molecule has 3 rings (SSSR count). The van der Waals surface area contributed by atoms with Crippen molar-refractivity contribution in [2.75, 3.05) is 30.9 Å². The molecular formula is C16H14IN3O3S2. The summed E-state index contributed by atoms with van der Waals surface area (Å²) in [5, 5.41) is 3.57. The average molecular weight is 487 g/mol. The molecule has 2 aromatic heterocycles. The van der Waals surface area contributed by atoms with Crippen molar-refractivity contribution in [3.63, 3.8) is 0 Å². The lowest BCUT2D eigenvalue weighted by molar-refractivity contribution is -0.119. The topological polar surface area (TPSA) is 71.5 Å². The van der Waals surface area contributed by atoms with Crippen LogP contribution in [-0.4, -0.2) is 37.6 Å². The van der Waals surface area contributed by atoms with E-state index in [1.165, 1.54) is 22.7 Å². The van der Waals surface area contributed by atoms with Gasteiger partial charge in [-0.3, -0.25) is 4.79 Å². The van der Waals surface area contributed by atoms with E-state index in [0.29, 0.717) is 10.6 Å². The predicted molar refractivity (Wildman–Crippen MR) is 110 cm³/mol. The van der Waals surface area contributed by atoms with Crippen LogP contribution in [0.1, 0.15) is 9.67 Å². The standard InChI is InChI=1S/C16H14IN3O3S2/c1-20(2)16-19-14-11(25-16)7-12(24-14)15(22)23-8-13(21)18-10-5-3-9(17)4-6-10/h3-7H,8H2,1-2H3,(H,18,21). The van der Waals surface area contributed by atoms with Crippen LogP contribution in [0.5, 0.6) is 0 Å². The molecule has 0 aliphatic heterocycles. The quantitative estimate of drug-likeness (QED) is 0.438. The van der Waals surface area contributed by atoms with Crippen LogP contribution in [0, 0.1) is 3.57 Å². The molecule has 1 aromatic carbocycles. The molecule has 0 aliphatic rings. The molecule has 25 heavy (non-hydrogen) atoms. The molecule has 0 atom stereocenters. The van der Waals surface area contributed by atoms with Gasteiger partial charge in [0, 0.05) is 23.4 Å².